The van der Waals surface area contributed by atoms with Crippen molar-refractivity contribution in [2.24, 2.45) is 5.92 Å². The number of amides is 2. The lowest BCUT2D eigenvalue weighted by Crippen LogP contribution is -2.55. The number of ketones is 1. The van der Waals surface area contributed by atoms with Crippen LogP contribution in [0.25, 0.3) is 6.08 Å². The van der Waals surface area contributed by atoms with Gasteiger partial charge in [0.25, 0.3) is 5.78 Å². The average Bonchev–Trinajstić information content (AvgIpc) is 2.77. The van der Waals surface area contributed by atoms with Gasteiger partial charge in [0.2, 0.25) is 11.8 Å². The highest BCUT2D eigenvalue weighted by molar-refractivity contribution is 6.42. The van der Waals surface area contributed by atoms with Crippen molar-refractivity contribution >= 4 is 58.5 Å². The zero-order valence-electron chi connectivity index (χ0n) is 18.6. The summed E-state index contributed by atoms with van der Waals surface area (Å²) >= 11 is 17.7. The minimum atomic E-state index is -5.13. The Bertz CT molecular complexity index is 1100. The molecule has 0 aromatic heterocycles. The fourth-order valence-corrected chi connectivity index (χ4v) is 3.47. The molecule has 0 spiro atoms. The summed E-state index contributed by atoms with van der Waals surface area (Å²) in [6.07, 6.45) is -2.61. The Morgan fingerprint density at radius 2 is 1.57 bits per heavy atom. The average molecular weight is 550 g/mol. The molecule has 2 aromatic carbocycles. The topological polar surface area (TPSA) is 75.3 Å². The summed E-state index contributed by atoms with van der Waals surface area (Å²) in [6.45, 7) is 2.75. The van der Waals surface area contributed by atoms with Crippen molar-refractivity contribution < 1.29 is 27.6 Å². The van der Waals surface area contributed by atoms with Crippen molar-refractivity contribution in [3.63, 3.8) is 0 Å². The maximum absolute atomic E-state index is 13.0. The van der Waals surface area contributed by atoms with Crippen LogP contribution in [0.2, 0.25) is 15.1 Å². The van der Waals surface area contributed by atoms with E-state index in [0.29, 0.717) is 21.2 Å². The first-order valence-corrected chi connectivity index (χ1v) is 11.5. The fraction of sp³-hybridized carbons (Fsp3) is 0.292. The summed E-state index contributed by atoms with van der Waals surface area (Å²) in [7, 11) is 0. The molecule has 1 unspecified atom stereocenters. The molecule has 0 bridgehead atoms. The third-order valence-electron chi connectivity index (χ3n) is 4.88. The van der Waals surface area contributed by atoms with E-state index in [1.54, 1.807) is 36.4 Å². The molecule has 0 radical (unpaired) electrons. The predicted molar refractivity (Wildman–Crippen MR) is 130 cm³/mol. The van der Waals surface area contributed by atoms with Gasteiger partial charge in [-0.15, -0.1) is 0 Å². The minimum absolute atomic E-state index is 0.0552. The molecule has 2 N–H and O–H groups in total. The fourth-order valence-electron chi connectivity index (χ4n) is 3.04. The highest BCUT2D eigenvalue weighted by atomic mass is 35.5. The number of nitrogens with one attached hydrogen (secondary N) is 2. The molecule has 0 aliphatic carbocycles. The molecule has 2 amide bonds. The molecule has 5 nitrogen and oxygen atoms in total. The highest BCUT2D eigenvalue weighted by Crippen LogP contribution is 2.23. The Balaban J connectivity index is 2.24. The van der Waals surface area contributed by atoms with Crippen LogP contribution < -0.4 is 10.6 Å². The maximum atomic E-state index is 13.0. The highest BCUT2D eigenvalue weighted by Gasteiger charge is 2.45. The normalized spacial score (nSPS) is 13.5. The van der Waals surface area contributed by atoms with E-state index in [1.165, 1.54) is 26.0 Å². The van der Waals surface area contributed by atoms with Gasteiger partial charge >= 0.3 is 6.18 Å². The first kappa shape index (κ1) is 28.7. The summed E-state index contributed by atoms with van der Waals surface area (Å²) in [5.41, 5.74) is 1.15. The van der Waals surface area contributed by atoms with E-state index in [2.05, 4.69) is 10.6 Å². The second-order valence-corrected chi connectivity index (χ2v) is 9.24. The van der Waals surface area contributed by atoms with Gasteiger partial charge in [-0.1, -0.05) is 66.8 Å². The zero-order valence-corrected chi connectivity index (χ0v) is 20.9. The summed E-state index contributed by atoms with van der Waals surface area (Å²) in [4.78, 5) is 37.3. The van der Waals surface area contributed by atoms with Crippen molar-refractivity contribution in [3.8, 4) is 0 Å². The Hall–Kier alpha value is -2.55. The van der Waals surface area contributed by atoms with Gasteiger partial charge in [0.1, 0.15) is 6.04 Å². The van der Waals surface area contributed by atoms with E-state index in [9.17, 15) is 27.6 Å². The van der Waals surface area contributed by atoms with Gasteiger partial charge in [-0.25, -0.2) is 0 Å². The molecule has 0 saturated heterocycles. The van der Waals surface area contributed by atoms with Crippen LogP contribution in [0, 0.1) is 5.92 Å². The lowest BCUT2D eigenvalue weighted by molar-refractivity contribution is -0.175. The van der Waals surface area contributed by atoms with Crippen LogP contribution in [0.4, 0.5) is 13.2 Å². The standard InChI is InChI=1S/C24H22Cl3F3N2O3/c1-13(2)21(22(34)24(28,29)30)32-23(35)19(12-15-3-7-16(25)8-4-15)31-20(33)10-6-14-5-9-17(26)18(27)11-14/h3-11,13,19,21H,12H2,1-2H3,(H,31,33)(H,32,35)/b10-6+/t19?,21-/m0/s1. The second-order valence-electron chi connectivity index (χ2n) is 7.99. The van der Waals surface area contributed by atoms with Crippen LogP contribution in [-0.2, 0) is 20.8 Å². The molecule has 0 aliphatic rings. The number of hydrogen-bond acceptors (Lipinski definition) is 3. The molecule has 0 saturated carbocycles. The molecule has 11 heteroatoms. The summed E-state index contributed by atoms with van der Waals surface area (Å²) in [5, 5.41) is 5.68. The molecule has 0 aliphatic heterocycles. The molecule has 0 fully saturated rings. The third-order valence-corrected chi connectivity index (χ3v) is 5.87. The van der Waals surface area contributed by atoms with E-state index in [0.717, 1.165) is 6.08 Å². The monoisotopic (exact) mass is 548 g/mol. The lowest BCUT2D eigenvalue weighted by atomic mass is 9.98. The molecule has 2 rings (SSSR count). The van der Waals surface area contributed by atoms with Crippen LogP contribution in [0.1, 0.15) is 25.0 Å². The van der Waals surface area contributed by atoms with E-state index in [-0.39, 0.29) is 11.4 Å². The van der Waals surface area contributed by atoms with E-state index in [1.807, 2.05) is 0 Å². The van der Waals surface area contributed by atoms with E-state index >= 15 is 0 Å². The zero-order chi connectivity index (χ0) is 26.3. The van der Waals surface area contributed by atoms with Gasteiger partial charge in [-0.2, -0.15) is 13.2 Å². The Morgan fingerprint density at radius 1 is 0.943 bits per heavy atom. The van der Waals surface area contributed by atoms with E-state index in [4.69, 9.17) is 34.8 Å². The van der Waals surface area contributed by atoms with Crippen molar-refractivity contribution in [3.05, 3.63) is 74.7 Å². The number of carbonyl (C=O) groups excluding carboxylic acids is 3. The minimum Gasteiger partial charge on any atom is -0.344 e. The maximum Gasteiger partial charge on any atom is 0.452 e. The number of hydrogen-bond donors (Lipinski definition) is 2. The van der Waals surface area contributed by atoms with Crippen molar-refractivity contribution in [1.29, 1.82) is 0 Å². The van der Waals surface area contributed by atoms with Crippen molar-refractivity contribution in [2.45, 2.75) is 38.5 Å². The largest absolute Gasteiger partial charge is 0.452 e. The Morgan fingerprint density at radius 3 is 2.11 bits per heavy atom. The van der Waals surface area contributed by atoms with Crippen LogP contribution in [-0.4, -0.2) is 35.9 Å². The van der Waals surface area contributed by atoms with Gasteiger partial charge in [-0.05, 0) is 47.4 Å². The van der Waals surface area contributed by atoms with Crippen molar-refractivity contribution in [2.75, 3.05) is 0 Å². The summed E-state index contributed by atoms with van der Waals surface area (Å²) < 4.78 is 39.0. The molecule has 2 aromatic rings. The van der Waals surface area contributed by atoms with Gasteiger partial charge in [0, 0.05) is 17.5 Å². The summed E-state index contributed by atoms with van der Waals surface area (Å²) in [5.74, 6) is -4.53. The lowest BCUT2D eigenvalue weighted by Gasteiger charge is -2.25. The van der Waals surface area contributed by atoms with Crippen LogP contribution >= 0.6 is 34.8 Å². The Labute approximate surface area is 215 Å². The Kier molecular flexibility index (Phi) is 10.2. The molecule has 188 valence electrons. The molecular formula is C24H22Cl3F3N2O3. The molecule has 2 atom stereocenters. The first-order valence-electron chi connectivity index (χ1n) is 10.4. The number of Topliss-reactive ketones (excluding diaryl/α,β-unsaturated/α-hetero) is 1. The third kappa shape index (κ3) is 8.87. The SMILES string of the molecule is CC(C)[C@H](NC(=O)C(Cc1ccc(Cl)cc1)NC(=O)/C=C/c1ccc(Cl)c(Cl)c1)C(=O)C(F)(F)F. The number of halogens is 6. The molecule has 0 heterocycles. The first-order chi connectivity index (χ1) is 16.3. The van der Waals surface area contributed by atoms with E-state index < -0.39 is 41.8 Å². The van der Waals surface area contributed by atoms with Gasteiger partial charge in [0.15, 0.2) is 0 Å². The van der Waals surface area contributed by atoms with Crippen molar-refractivity contribution in [1.82, 2.24) is 10.6 Å². The molecule has 35 heavy (non-hydrogen) atoms. The van der Waals surface area contributed by atoms with Gasteiger partial charge in [-0.3, -0.25) is 14.4 Å². The van der Waals surface area contributed by atoms with Crippen LogP contribution in [0.5, 0.6) is 0 Å². The number of benzene rings is 2. The van der Waals surface area contributed by atoms with Gasteiger partial charge in [0.05, 0.1) is 16.1 Å². The quantitative estimate of drug-likeness (QED) is 0.397. The molecular weight excluding hydrogens is 528 g/mol. The predicted octanol–water partition coefficient (Wildman–Crippen LogP) is 5.66. The number of carbonyl (C=O) groups is 3. The van der Waals surface area contributed by atoms with Crippen LogP contribution in [0.15, 0.2) is 48.5 Å². The number of rotatable bonds is 9. The number of alkyl halides is 3. The smallest absolute Gasteiger partial charge is 0.344 e. The summed E-state index contributed by atoms with van der Waals surface area (Å²) in [6, 6.07) is 7.98. The van der Waals surface area contributed by atoms with Gasteiger partial charge < -0.3 is 10.6 Å². The second kappa shape index (κ2) is 12.4. The van der Waals surface area contributed by atoms with Crippen LogP contribution in [0.3, 0.4) is 0 Å².